The molecule has 0 unspecified atom stereocenters. The van der Waals surface area contributed by atoms with Crippen molar-refractivity contribution in [2.75, 3.05) is 0 Å². The quantitative estimate of drug-likeness (QED) is 0.623. The first-order valence-corrected chi connectivity index (χ1v) is 4.78. The summed E-state index contributed by atoms with van der Waals surface area (Å²) in [7, 11) is 0. The minimum atomic E-state index is -1.32. The number of benzene rings is 1. The summed E-state index contributed by atoms with van der Waals surface area (Å²) < 4.78 is 9.32. The zero-order chi connectivity index (χ0) is 13.1. The van der Waals surface area contributed by atoms with Crippen LogP contribution in [0.25, 0.3) is 0 Å². The number of esters is 1. The number of hydrogen-bond donors (Lipinski definition) is 2. The van der Waals surface area contributed by atoms with Crippen molar-refractivity contribution in [1.82, 2.24) is 5.16 Å². The van der Waals surface area contributed by atoms with Crippen LogP contribution in [0.1, 0.15) is 21.0 Å². The van der Waals surface area contributed by atoms with E-state index < -0.39 is 17.6 Å². The molecule has 2 rings (SSSR count). The molecule has 0 atom stereocenters. The highest BCUT2D eigenvalue weighted by Gasteiger charge is 2.19. The second-order valence-electron chi connectivity index (χ2n) is 3.24. The second-order valence-corrected chi connectivity index (χ2v) is 3.24. The van der Waals surface area contributed by atoms with Crippen LogP contribution in [0.5, 0.6) is 11.5 Å². The zero-order valence-electron chi connectivity index (χ0n) is 8.86. The van der Waals surface area contributed by atoms with E-state index in [4.69, 9.17) is 9.84 Å². The lowest BCUT2D eigenvalue weighted by Crippen LogP contribution is -2.07. The molecular weight excluding hydrogens is 242 g/mol. The van der Waals surface area contributed by atoms with Crippen LogP contribution in [0, 0.1) is 0 Å². The molecule has 2 aromatic rings. The summed E-state index contributed by atoms with van der Waals surface area (Å²) in [6.45, 7) is 0. The Hall–Kier alpha value is -2.83. The van der Waals surface area contributed by atoms with Gasteiger partial charge in [-0.1, -0.05) is 17.3 Å². The number of carbonyl (C=O) groups is 2. The number of nitrogens with zero attached hydrogens (tertiary/aromatic N) is 1. The van der Waals surface area contributed by atoms with Gasteiger partial charge < -0.3 is 19.5 Å². The molecule has 0 aliphatic carbocycles. The van der Waals surface area contributed by atoms with Gasteiger partial charge in [0.25, 0.3) is 0 Å². The van der Waals surface area contributed by atoms with Gasteiger partial charge in [-0.25, -0.2) is 9.59 Å². The van der Waals surface area contributed by atoms with Crippen LogP contribution in [0.2, 0.25) is 0 Å². The predicted octanol–water partition coefficient (Wildman–Crippen LogP) is 1.30. The molecule has 0 aliphatic heterocycles. The lowest BCUT2D eigenvalue weighted by molar-refractivity contribution is 0.0666. The maximum Gasteiger partial charge on any atom is 0.382 e. The maximum absolute atomic E-state index is 11.5. The van der Waals surface area contributed by atoms with E-state index in [1.807, 2.05) is 0 Å². The molecule has 1 aromatic carbocycles. The van der Waals surface area contributed by atoms with Gasteiger partial charge in [0.05, 0.1) is 0 Å². The molecule has 0 saturated heterocycles. The van der Waals surface area contributed by atoms with Crippen LogP contribution in [0.15, 0.2) is 34.9 Å². The summed E-state index contributed by atoms with van der Waals surface area (Å²) in [6, 6.07) is 6.77. The Kier molecular flexibility index (Phi) is 2.96. The van der Waals surface area contributed by atoms with Gasteiger partial charge in [-0.15, -0.1) is 0 Å². The lowest BCUT2D eigenvalue weighted by atomic mass is 10.3. The molecule has 2 N–H and O–H groups in total. The molecule has 7 heteroatoms. The molecule has 0 radical (unpaired) electrons. The van der Waals surface area contributed by atoms with E-state index in [9.17, 15) is 14.7 Å². The van der Waals surface area contributed by atoms with Crippen molar-refractivity contribution in [2.24, 2.45) is 0 Å². The number of ether oxygens (including phenoxy) is 1. The molecule has 7 nitrogen and oxygen atoms in total. The van der Waals surface area contributed by atoms with Crippen molar-refractivity contribution in [2.45, 2.75) is 0 Å². The number of hydrogen-bond acceptors (Lipinski definition) is 6. The molecule has 1 aromatic heterocycles. The van der Waals surface area contributed by atoms with Crippen LogP contribution in [0.4, 0.5) is 0 Å². The maximum atomic E-state index is 11.5. The van der Waals surface area contributed by atoms with Gasteiger partial charge in [0, 0.05) is 6.07 Å². The van der Waals surface area contributed by atoms with Gasteiger partial charge in [-0.2, -0.15) is 0 Å². The first-order chi connectivity index (χ1) is 8.58. The smallest absolute Gasteiger partial charge is 0.382 e. The first kappa shape index (κ1) is 11.6. The zero-order valence-corrected chi connectivity index (χ0v) is 8.86. The highest BCUT2D eigenvalue weighted by molar-refractivity contribution is 5.92. The Morgan fingerprint density at radius 3 is 2.61 bits per heavy atom. The standard InChI is InChI=1S/C11H7NO6/c13-7-3-1-2-4-8(7)17-11(16)9-5-6(10(14)15)12-18-9/h1-5,13H,(H,14,15). The number of phenols is 1. The summed E-state index contributed by atoms with van der Waals surface area (Å²) in [5.74, 6) is -2.91. The fourth-order valence-corrected chi connectivity index (χ4v) is 1.17. The first-order valence-electron chi connectivity index (χ1n) is 4.78. The van der Waals surface area contributed by atoms with E-state index >= 15 is 0 Å². The van der Waals surface area contributed by atoms with Crippen molar-refractivity contribution in [3.63, 3.8) is 0 Å². The van der Waals surface area contributed by atoms with E-state index in [1.165, 1.54) is 12.1 Å². The van der Waals surface area contributed by atoms with Gasteiger partial charge in [0.2, 0.25) is 5.76 Å². The van der Waals surface area contributed by atoms with Crippen LogP contribution < -0.4 is 4.74 Å². The van der Waals surface area contributed by atoms with E-state index in [-0.39, 0.29) is 17.3 Å². The summed E-state index contributed by atoms with van der Waals surface area (Å²) >= 11 is 0. The lowest BCUT2D eigenvalue weighted by Gasteiger charge is -2.02. The molecule has 0 spiro atoms. The van der Waals surface area contributed by atoms with Crippen molar-refractivity contribution in [3.05, 3.63) is 41.8 Å². The number of aromatic carboxylic acids is 1. The summed E-state index contributed by atoms with van der Waals surface area (Å²) in [6.07, 6.45) is 0. The molecule has 0 aliphatic rings. The summed E-state index contributed by atoms with van der Waals surface area (Å²) in [5, 5.41) is 21.1. The van der Waals surface area contributed by atoms with Crippen LogP contribution in [-0.2, 0) is 0 Å². The Morgan fingerprint density at radius 2 is 2.00 bits per heavy atom. The molecule has 0 saturated carbocycles. The number of phenolic OH excluding ortho intramolecular Hbond substituents is 1. The van der Waals surface area contributed by atoms with Crippen LogP contribution >= 0.6 is 0 Å². The summed E-state index contributed by atoms with van der Waals surface area (Å²) in [4.78, 5) is 22.1. The van der Waals surface area contributed by atoms with E-state index in [0.29, 0.717) is 0 Å². The molecular formula is C11H7NO6. The van der Waals surface area contributed by atoms with E-state index in [2.05, 4.69) is 9.68 Å². The second kappa shape index (κ2) is 4.58. The molecule has 92 valence electrons. The van der Waals surface area contributed by atoms with Gasteiger partial charge >= 0.3 is 11.9 Å². The van der Waals surface area contributed by atoms with E-state index in [0.717, 1.165) is 6.07 Å². The van der Waals surface area contributed by atoms with Gasteiger partial charge in [0.15, 0.2) is 17.2 Å². The Bertz CT molecular complexity index is 603. The average Bonchev–Trinajstić information content (AvgIpc) is 2.81. The number of para-hydroxylation sites is 2. The normalized spacial score (nSPS) is 10.0. The van der Waals surface area contributed by atoms with Crippen molar-refractivity contribution >= 4 is 11.9 Å². The largest absolute Gasteiger partial charge is 0.504 e. The summed E-state index contributed by atoms with van der Waals surface area (Å²) in [5.41, 5.74) is -0.403. The van der Waals surface area contributed by atoms with Gasteiger partial charge in [0.1, 0.15) is 0 Å². The van der Waals surface area contributed by atoms with Gasteiger partial charge in [-0.3, -0.25) is 0 Å². The average molecular weight is 249 g/mol. The fourth-order valence-electron chi connectivity index (χ4n) is 1.17. The van der Waals surface area contributed by atoms with Gasteiger partial charge in [-0.05, 0) is 12.1 Å². The molecule has 0 fully saturated rings. The number of aromatic hydroxyl groups is 1. The van der Waals surface area contributed by atoms with Crippen molar-refractivity contribution in [1.29, 1.82) is 0 Å². The van der Waals surface area contributed by atoms with Crippen molar-refractivity contribution in [3.8, 4) is 11.5 Å². The predicted molar refractivity (Wildman–Crippen MR) is 56.5 cm³/mol. The third-order valence-corrected chi connectivity index (χ3v) is 2.00. The number of aromatic nitrogens is 1. The molecule has 18 heavy (non-hydrogen) atoms. The highest BCUT2D eigenvalue weighted by atomic mass is 16.6. The highest BCUT2D eigenvalue weighted by Crippen LogP contribution is 2.25. The Labute approximate surface area is 100 Å². The van der Waals surface area contributed by atoms with Crippen LogP contribution in [0.3, 0.4) is 0 Å². The monoisotopic (exact) mass is 249 g/mol. The molecule has 0 bridgehead atoms. The number of rotatable bonds is 3. The molecule has 1 heterocycles. The van der Waals surface area contributed by atoms with Crippen LogP contribution in [-0.4, -0.2) is 27.3 Å². The number of carboxylic acids is 1. The Morgan fingerprint density at radius 1 is 1.28 bits per heavy atom. The number of carbonyl (C=O) groups excluding carboxylic acids is 1. The minimum absolute atomic E-state index is 0.0595. The van der Waals surface area contributed by atoms with Crippen molar-refractivity contribution < 1.29 is 29.1 Å². The minimum Gasteiger partial charge on any atom is -0.504 e. The SMILES string of the molecule is O=C(O)c1cc(C(=O)Oc2ccccc2O)on1. The topological polar surface area (TPSA) is 110 Å². The third kappa shape index (κ3) is 2.29. The molecule has 0 amide bonds. The third-order valence-electron chi connectivity index (χ3n) is 2.00. The number of carboxylic acid groups (broad SMARTS) is 1. The van der Waals surface area contributed by atoms with E-state index in [1.54, 1.807) is 12.1 Å². The fraction of sp³-hybridized carbons (Fsp3) is 0. The Balaban J connectivity index is 2.17.